The highest BCUT2D eigenvalue weighted by molar-refractivity contribution is 6.30. The average molecular weight is 398 g/mol. The molecule has 4 rings (SSSR count). The van der Waals surface area contributed by atoms with Crippen molar-refractivity contribution >= 4 is 35.0 Å². The number of amides is 3. The molecule has 2 heterocycles. The third-order valence-electron chi connectivity index (χ3n) is 5.35. The van der Waals surface area contributed by atoms with E-state index in [1.54, 1.807) is 36.1 Å². The number of imide groups is 1. The normalized spacial score (nSPS) is 17.7. The first-order valence-electron chi connectivity index (χ1n) is 9.23. The van der Waals surface area contributed by atoms with Crippen molar-refractivity contribution in [1.29, 1.82) is 0 Å². The smallest absolute Gasteiger partial charge is 0.262 e. The molecule has 0 bridgehead atoms. The maximum atomic E-state index is 13.0. The second-order valence-corrected chi connectivity index (χ2v) is 7.43. The molecule has 0 spiro atoms. The summed E-state index contributed by atoms with van der Waals surface area (Å²) in [6.07, 6.45) is 0. The van der Waals surface area contributed by atoms with Crippen LogP contribution in [-0.2, 0) is 4.79 Å². The fourth-order valence-electron chi connectivity index (χ4n) is 3.77. The van der Waals surface area contributed by atoms with Gasteiger partial charge in [0.15, 0.2) is 0 Å². The molecule has 3 amide bonds. The van der Waals surface area contributed by atoms with Gasteiger partial charge < -0.3 is 9.80 Å². The summed E-state index contributed by atoms with van der Waals surface area (Å²) in [4.78, 5) is 43.2. The van der Waals surface area contributed by atoms with E-state index in [4.69, 9.17) is 11.6 Å². The van der Waals surface area contributed by atoms with Crippen LogP contribution in [0.1, 0.15) is 27.6 Å². The molecule has 28 heavy (non-hydrogen) atoms. The Morgan fingerprint density at radius 1 is 0.893 bits per heavy atom. The number of piperazine rings is 1. The summed E-state index contributed by atoms with van der Waals surface area (Å²) < 4.78 is 0. The van der Waals surface area contributed by atoms with Gasteiger partial charge in [0, 0.05) is 36.9 Å². The lowest BCUT2D eigenvalue weighted by molar-refractivity contribution is -0.135. The number of benzene rings is 2. The molecule has 1 atom stereocenters. The third kappa shape index (κ3) is 3.14. The van der Waals surface area contributed by atoms with Crippen molar-refractivity contribution in [3.8, 4) is 0 Å². The fourth-order valence-corrected chi connectivity index (χ4v) is 3.90. The molecule has 0 N–H and O–H groups in total. The number of carbonyl (C=O) groups is 3. The van der Waals surface area contributed by atoms with Gasteiger partial charge in [0.25, 0.3) is 11.8 Å². The zero-order valence-electron chi connectivity index (χ0n) is 15.5. The van der Waals surface area contributed by atoms with Crippen LogP contribution in [0.4, 0.5) is 5.69 Å². The maximum absolute atomic E-state index is 13.0. The first-order chi connectivity index (χ1) is 13.5. The van der Waals surface area contributed by atoms with E-state index in [2.05, 4.69) is 4.90 Å². The number of anilines is 1. The Hall–Kier alpha value is -2.86. The van der Waals surface area contributed by atoms with Gasteiger partial charge in [-0.25, -0.2) is 0 Å². The Bertz CT molecular complexity index is 901. The van der Waals surface area contributed by atoms with Crippen LogP contribution in [0.2, 0.25) is 5.02 Å². The molecule has 6 nitrogen and oxygen atoms in total. The highest BCUT2D eigenvalue weighted by Gasteiger charge is 2.42. The Kier molecular flexibility index (Phi) is 4.81. The summed E-state index contributed by atoms with van der Waals surface area (Å²) in [5.74, 6) is -1.01. The lowest BCUT2D eigenvalue weighted by atomic mass is 10.1. The minimum absolute atomic E-state index is 0.203. The van der Waals surface area contributed by atoms with Gasteiger partial charge in [-0.05, 0) is 43.3 Å². The van der Waals surface area contributed by atoms with Crippen molar-refractivity contribution in [1.82, 2.24) is 9.80 Å². The molecule has 2 aliphatic heterocycles. The second-order valence-electron chi connectivity index (χ2n) is 6.99. The van der Waals surface area contributed by atoms with Gasteiger partial charge in [-0.2, -0.15) is 0 Å². The standard InChI is InChI=1S/C21H20ClN3O3/c1-14(25-20(27)17-4-2-3-5-18(17)21(25)28)19(26)24-12-10-23(11-13-24)16-8-6-15(22)7-9-16/h2-9,14H,10-13H2,1H3/t14-/m1/s1. The number of nitrogens with zero attached hydrogens (tertiary/aromatic N) is 3. The first kappa shape index (κ1) is 18.5. The number of hydrogen-bond acceptors (Lipinski definition) is 4. The predicted molar refractivity (Wildman–Crippen MR) is 107 cm³/mol. The number of carbonyl (C=O) groups excluding carboxylic acids is 3. The van der Waals surface area contributed by atoms with E-state index in [1.807, 2.05) is 24.3 Å². The molecular formula is C21H20ClN3O3. The van der Waals surface area contributed by atoms with Gasteiger partial charge in [0.2, 0.25) is 5.91 Å². The zero-order valence-corrected chi connectivity index (χ0v) is 16.2. The molecule has 1 fully saturated rings. The summed E-state index contributed by atoms with van der Waals surface area (Å²) in [6.45, 7) is 4.06. The van der Waals surface area contributed by atoms with Gasteiger partial charge in [-0.15, -0.1) is 0 Å². The molecule has 7 heteroatoms. The van der Waals surface area contributed by atoms with Crippen LogP contribution in [0.5, 0.6) is 0 Å². The van der Waals surface area contributed by atoms with Gasteiger partial charge in [0.1, 0.15) is 6.04 Å². The molecule has 0 saturated carbocycles. The molecule has 0 radical (unpaired) electrons. The Morgan fingerprint density at radius 3 is 1.96 bits per heavy atom. The van der Waals surface area contributed by atoms with Crippen molar-refractivity contribution in [2.24, 2.45) is 0 Å². The summed E-state index contributed by atoms with van der Waals surface area (Å²) in [5, 5.41) is 0.687. The third-order valence-corrected chi connectivity index (χ3v) is 5.61. The molecule has 1 saturated heterocycles. The largest absolute Gasteiger partial charge is 0.368 e. The molecule has 144 valence electrons. The maximum Gasteiger partial charge on any atom is 0.262 e. The number of fused-ring (bicyclic) bond motifs is 1. The molecule has 0 unspecified atom stereocenters. The summed E-state index contributed by atoms with van der Waals surface area (Å²) in [7, 11) is 0. The Labute approximate surface area is 168 Å². The van der Waals surface area contributed by atoms with E-state index in [0.717, 1.165) is 10.6 Å². The zero-order chi connectivity index (χ0) is 19.8. The monoisotopic (exact) mass is 397 g/mol. The van der Waals surface area contributed by atoms with E-state index in [9.17, 15) is 14.4 Å². The Morgan fingerprint density at radius 2 is 1.43 bits per heavy atom. The van der Waals surface area contributed by atoms with Crippen LogP contribution in [-0.4, -0.2) is 59.7 Å². The van der Waals surface area contributed by atoms with Gasteiger partial charge >= 0.3 is 0 Å². The first-order valence-corrected chi connectivity index (χ1v) is 9.61. The average Bonchev–Trinajstić information content (AvgIpc) is 2.98. The van der Waals surface area contributed by atoms with E-state index in [0.29, 0.717) is 42.3 Å². The van der Waals surface area contributed by atoms with Crippen molar-refractivity contribution < 1.29 is 14.4 Å². The quantitative estimate of drug-likeness (QED) is 0.747. The molecule has 2 aromatic carbocycles. The SMILES string of the molecule is C[C@H](C(=O)N1CCN(c2ccc(Cl)cc2)CC1)N1C(=O)c2ccccc2C1=O. The van der Waals surface area contributed by atoms with E-state index in [-0.39, 0.29) is 5.91 Å². The lowest BCUT2D eigenvalue weighted by Gasteiger charge is -2.38. The van der Waals surface area contributed by atoms with E-state index >= 15 is 0 Å². The van der Waals surface area contributed by atoms with Crippen molar-refractivity contribution in [3.05, 3.63) is 64.7 Å². The summed E-state index contributed by atoms with van der Waals surface area (Å²) >= 11 is 5.94. The van der Waals surface area contributed by atoms with Crippen LogP contribution in [0.3, 0.4) is 0 Å². The minimum Gasteiger partial charge on any atom is -0.368 e. The predicted octanol–water partition coefficient (Wildman–Crippen LogP) is 2.67. The highest BCUT2D eigenvalue weighted by Crippen LogP contribution is 2.26. The van der Waals surface area contributed by atoms with Crippen molar-refractivity contribution in [3.63, 3.8) is 0 Å². The highest BCUT2D eigenvalue weighted by atomic mass is 35.5. The van der Waals surface area contributed by atoms with Crippen molar-refractivity contribution in [2.45, 2.75) is 13.0 Å². The number of rotatable bonds is 3. The van der Waals surface area contributed by atoms with Crippen LogP contribution >= 0.6 is 11.6 Å². The van der Waals surface area contributed by atoms with E-state index < -0.39 is 17.9 Å². The van der Waals surface area contributed by atoms with Crippen LogP contribution < -0.4 is 4.90 Å². The molecule has 0 aromatic heterocycles. The van der Waals surface area contributed by atoms with Crippen LogP contribution in [0.15, 0.2) is 48.5 Å². The Balaban J connectivity index is 1.42. The summed E-state index contributed by atoms with van der Waals surface area (Å²) in [6, 6.07) is 13.5. The van der Waals surface area contributed by atoms with Crippen LogP contribution in [0.25, 0.3) is 0 Å². The van der Waals surface area contributed by atoms with Gasteiger partial charge in [-0.1, -0.05) is 23.7 Å². The number of halogens is 1. The fraction of sp³-hybridized carbons (Fsp3) is 0.286. The lowest BCUT2D eigenvalue weighted by Crippen LogP contribution is -2.55. The van der Waals surface area contributed by atoms with Gasteiger partial charge in [-0.3, -0.25) is 19.3 Å². The van der Waals surface area contributed by atoms with Gasteiger partial charge in [0.05, 0.1) is 11.1 Å². The second kappa shape index (κ2) is 7.28. The van der Waals surface area contributed by atoms with Crippen LogP contribution in [0, 0.1) is 0 Å². The molecular weight excluding hydrogens is 378 g/mol. The minimum atomic E-state index is -0.825. The topological polar surface area (TPSA) is 60.9 Å². The van der Waals surface area contributed by atoms with E-state index in [1.165, 1.54) is 0 Å². The van der Waals surface area contributed by atoms with Crippen molar-refractivity contribution in [2.75, 3.05) is 31.1 Å². The molecule has 2 aliphatic rings. The molecule has 0 aliphatic carbocycles. The number of hydrogen-bond donors (Lipinski definition) is 0. The summed E-state index contributed by atoms with van der Waals surface area (Å²) in [5.41, 5.74) is 1.78. The molecule has 2 aromatic rings.